The van der Waals surface area contributed by atoms with E-state index in [1.54, 1.807) is 6.07 Å². The van der Waals surface area contributed by atoms with Gasteiger partial charge in [-0.15, -0.1) is 0 Å². The fraction of sp³-hybridized carbons (Fsp3) is 0.462. The van der Waals surface area contributed by atoms with Gasteiger partial charge in [-0.2, -0.15) is 5.26 Å². The maximum atomic E-state index is 13.8. The molecule has 1 fully saturated rings. The van der Waals surface area contributed by atoms with Crippen molar-refractivity contribution in [2.24, 2.45) is 0 Å². The minimum Gasteiger partial charge on any atom is -0.394 e. The van der Waals surface area contributed by atoms with Crippen molar-refractivity contribution in [1.82, 2.24) is 0 Å². The third-order valence-corrected chi connectivity index (χ3v) is 3.31. The van der Waals surface area contributed by atoms with Crippen LogP contribution in [0.5, 0.6) is 0 Å². The minimum atomic E-state index is -0.837. The van der Waals surface area contributed by atoms with Crippen molar-refractivity contribution in [3.8, 4) is 6.07 Å². The molecule has 1 heterocycles. The lowest BCUT2D eigenvalue weighted by molar-refractivity contribution is 0.0377. The van der Waals surface area contributed by atoms with E-state index in [0.717, 1.165) is 12.1 Å². The van der Waals surface area contributed by atoms with Crippen LogP contribution in [-0.4, -0.2) is 30.5 Å². The number of hydrogen-bond acceptors (Lipinski definition) is 4. The van der Waals surface area contributed by atoms with Gasteiger partial charge >= 0.3 is 0 Å². The summed E-state index contributed by atoms with van der Waals surface area (Å²) in [7, 11) is 0. The molecule has 1 aliphatic rings. The molecule has 0 bridgehead atoms. The van der Waals surface area contributed by atoms with Gasteiger partial charge in [0.2, 0.25) is 0 Å². The second kappa shape index (κ2) is 5.51. The maximum absolute atomic E-state index is 13.8. The summed E-state index contributed by atoms with van der Waals surface area (Å²) in [5, 5.41) is 20.8. The van der Waals surface area contributed by atoms with Crippen molar-refractivity contribution in [1.29, 1.82) is 5.26 Å². The molecule has 19 heavy (non-hydrogen) atoms. The Balaban J connectivity index is 2.30. The predicted molar refractivity (Wildman–Crippen MR) is 64.6 cm³/mol. The number of nitrogens with zero attached hydrogens (tertiary/aromatic N) is 1. The van der Waals surface area contributed by atoms with E-state index in [2.05, 4.69) is 5.32 Å². The Morgan fingerprint density at radius 2 is 1.89 bits per heavy atom. The molecular formula is C13H14F2N2O2. The number of rotatable bonds is 3. The fourth-order valence-corrected chi connectivity index (χ4v) is 2.11. The standard InChI is InChI=1S/C13H14F2N2O2/c14-10-5-9(7-16)6-11(15)12(10)17-13(8-18)1-3-19-4-2-13/h5-6,17-18H,1-4,8H2. The lowest BCUT2D eigenvalue weighted by Gasteiger charge is -2.37. The highest BCUT2D eigenvalue weighted by atomic mass is 19.1. The van der Waals surface area contributed by atoms with Gasteiger partial charge < -0.3 is 15.2 Å². The van der Waals surface area contributed by atoms with Crippen molar-refractivity contribution in [2.75, 3.05) is 25.1 Å². The number of halogens is 2. The van der Waals surface area contributed by atoms with Crippen LogP contribution in [0.4, 0.5) is 14.5 Å². The van der Waals surface area contributed by atoms with E-state index in [4.69, 9.17) is 10.00 Å². The minimum absolute atomic E-state index is 0.0782. The molecule has 0 atom stereocenters. The Kier molecular flexibility index (Phi) is 3.98. The van der Waals surface area contributed by atoms with Crippen LogP contribution in [0.2, 0.25) is 0 Å². The van der Waals surface area contributed by atoms with Crippen LogP contribution in [0.1, 0.15) is 18.4 Å². The largest absolute Gasteiger partial charge is 0.394 e. The predicted octanol–water partition coefficient (Wildman–Crippen LogP) is 1.79. The maximum Gasteiger partial charge on any atom is 0.150 e. The topological polar surface area (TPSA) is 65.3 Å². The average molecular weight is 268 g/mol. The third-order valence-electron chi connectivity index (χ3n) is 3.31. The van der Waals surface area contributed by atoms with Crippen molar-refractivity contribution in [3.05, 3.63) is 29.3 Å². The molecule has 4 nitrogen and oxygen atoms in total. The quantitative estimate of drug-likeness (QED) is 0.877. The Morgan fingerprint density at radius 1 is 1.32 bits per heavy atom. The zero-order chi connectivity index (χ0) is 13.9. The molecule has 2 rings (SSSR count). The number of nitriles is 1. The van der Waals surface area contributed by atoms with Crippen molar-refractivity contribution in [2.45, 2.75) is 18.4 Å². The summed E-state index contributed by atoms with van der Waals surface area (Å²) in [5.74, 6) is -1.67. The summed E-state index contributed by atoms with van der Waals surface area (Å²) in [6.45, 7) is 0.607. The average Bonchev–Trinajstić information content (AvgIpc) is 2.43. The molecule has 1 aromatic carbocycles. The van der Waals surface area contributed by atoms with E-state index in [0.29, 0.717) is 26.1 Å². The van der Waals surface area contributed by atoms with Crippen LogP contribution in [0.25, 0.3) is 0 Å². The zero-order valence-electron chi connectivity index (χ0n) is 10.2. The monoisotopic (exact) mass is 268 g/mol. The highest BCUT2D eigenvalue weighted by Gasteiger charge is 2.33. The lowest BCUT2D eigenvalue weighted by Crippen LogP contribution is -2.47. The fourth-order valence-electron chi connectivity index (χ4n) is 2.11. The van der Waals surface area contributed by atoms with Crippen LogP contribution in [0.3, 0.4) is 0 Å². The molecule has 0 radical (unpaired) electrons. The lowest BCUT2D eigenvalue weighted by atomic mass is 9.90. The van der Waals surface area contributed by atoms with Gasteiger partial charge in [-0.25, -0.2) is 8.78 Å². The molecule has 2 N–H and O–H groups in total. The number of aliphatic hydroxyl groups excluding tert-OH is 1. The molecule has 1 aliphatic heterocycles. The summed E-state index contributed by atoms with van der Waals surface area (Å²) in [4.78, 5) is 0. The number of benzene rings is 1. The number of nitrogens with one attached hydrogen (secondary N) is 1. The van der Waals surface area contributed by atoms with Gasteiger partial charge in [0, 0.05) is 13.2 Å². The van der Waals surface area contributed by atoms with Gasteiger partial charge in [0.05, 0.1) is 23.8 Å². The number of aliphatic hydroxyl groups is 1. The first-order valence-electron chi connectivity index (χ1n) is 5.96. The first kappa shape index (κ1) is 13.7. The van der Waals surface area contributed by atoms with Crippen molar-refractivity contribution >= 4 is 5.69 Å². The molecular weight excluding hydrogens is 254 g/mol. The Bertz CT molecular complexity index is 485. The Hall–Kier alpha value is -1.71. The highest BCUT2D eigenvalue weighted by Crippen LogP contribution is 2.29. The SMILES string of the molecule is N#Cc1cc(F)c(NC2(CO)CCOCC2)c(F)c1. The molecule has 102 valence electrons. The number of anilines is 1. The Morgan fingerprint density at radius 3 is 2.37 bits per heavy atom. The summed E-state index contributed by atoms with van der Waals surface area (Å²) in [6, 6.07) is 3.62. The smallest absolute Gasteiger partial charge is 0.150 e. The van der Waals surface area contributed by atoms with Crippen LogP contribution in [0.15, 0.2) is 12.1 Å². The summed E-state index contributed by atoms with van der Waals surface area (Å²) >= 11 is 0. The third kappa shape index (κ3) is 2.83. The molecule has 0 amide bonds. The highest BCUT2D eigenvalue weighted by molar-refractivity contribution is 5.52. The number of hydrogen-bond donors (Lipinski definition) is 2. The molecule has 0 saturated carbocycles. The van der Waals surface area contributed by atoms with Gasteiger partial charge in [0.1, 0.15) is 5.69 Å². The normalized spacial score (nSPS) is 17.8. The molecule has 0 spiro atoms. The van der Waals surface area contributed by atoms with Crippen LogP contribution in [-0.2, 0) is 4.74 Å². The van der Waals surface area contributed by atoms with Crippen LogP contribution >= 0.6 is 0 Å². The van der Waals surface area contributed by atoms with E-state index in [1.807, 2.05) is 0 Å². The second-order valence-electron chi connectivity index (χ2n) is 4.60. The molecule has 1 saturated heterocycles. The summed E-state index contributed by atoms with van der Waals surface area (Å²) in [5.41, 5.74) is -1.17. The van der Waals surface area contributed by atoms with Gasteiger partial charge in [-0.05, 0) is 25.0 Å². The van der Waals surface area contributed by atoms with E-state index in [9.17, 15) is 13.9 Å². The van der Waals surface area contributed by atoms with Gasteiger partial charge in [-0.3, -0.25) is 0 Å². The van der Waals surface area contributed by atoms with E-state index >= 15 is 0 Å². The van der Waals surface area contributed by atoms with Crippen LogP contribution in [0, 0.1) is 23.0 Å². The van der Waals surface area contributed by atoms with Crippen molar-refractivity contribution < 1.29 is 18.6 Å². The van der Waals surface area contributed by atoms with E-state index in [1.165, 1.54) is 0 Å². The number of ether oxygens (including phenoxy) is 1. The molecule has 0 aliphatic carbocycles. The Labute approximate surface area is 109 Å². The summed E-state index contributed by atoms with van der Waals surface area (Å²) < 4.78 is 32.8. The van der Waals surface area contributed by atoms with Gasteiger partial charge in [0.25, 0.3) is 0 Å². The molecule has 0 aromatic heterocycles. The van der Waals surface area contributed by atoms with E-state index in [-0.39, 0.29) is 17.9 Å². The van der Waals surface area contributed by atoms with Crippen molar-refractivity contribution in [3.63, 3.8) is 0 Å². The van der Waals surface area contributed by atoms with Crippen LogP contribution < -0.4 is 5.32 Å². The van der Waals surface area contributed by atoms with Gasteiger partial charge in [-0.1, -0.05) is 0 Å². The first-order valence-corrected chi connectivity index (χ1v) is 5.96. The summed E-state index contributed by atoms with van der Waals surface area (Å²) in [6.07, 6.45) is 0.921. The second-order valence-corrected chi connectivity index (χ2v) is 4.60. The molecule has 0 unspecified atom stereocenters. The zero-order valence-corrected chi connectivity index (χ0v) is 10.2. The van der Waals surface area contributed by atoms with Gasteiger partial charge in [0.15, 0.2) is 11.6 Å². The molecule has 1 aromatic rings. The van der Waals surface area contributed by atoms with E-state index < -0.39 is 17.2 Å². The molecule has 6 heteroatoms. The first-order chi connectivity index (χ1) is 9.10.